The van der Waals surface area contributed by atoms with Crippen molar-refractivity contribution in [3.8, 4) is 0 Å². The Balaban J connectivity index is 1.35. The number of likely N-dealkylation sites (N-methyl/N-ethyl adjacent to an activating group) is 1. The lowest BCUT2D eigenvalue weighted by Crippen LogP contribution is -2.54. The fourth-order valence-corrected chi connectivity index (χ4v) is 5.67. The average Bonchev–Trinajstić information content (AvgIpc) is 3.41. The minimum atomic E-state index is -0.210. The number of nitrogens with one attached hydrogen (secondary N) is 2. The summed E-state index contributed by atoms with van der Waals surface area (Å²) in [7, 11) is 6.21. The fraction of sp³-hybridized carbons (Fsp3) is 0.462. The molecule has 0 bridgehead atoms. The van der Waals surface area contributed by atoms with Gasteiger partial charge >= 0.3 is 6.03 Å². The van der Waals surface area contributed by atoms with E-state index in [9.17, 15) is 9.90 Å². The van der Waals surface area contributed by atoms with Gasteiger partial charge in [-0.15, -0.1) is 0 Å². The van der Waals surface area contributed by atoms with Gasteiger partial charge in [-0.1, -0.05) is 30.3 Å². The number of carbonyl (C=O) groups is 1. The van der Waals surface area contributed by atoms with Gasteiger partial charge in [-0.3, -0.25) is 9.80 Å². The van der Waals surface area contributed by atoms with Crippen molar-refractivity contribution in [1.82, 2.24) is 20.2 Å². The summed E-state index contributed by atoms with van der Waals surface area (Å²) in [5.41, 5.74) is 3.72. The van der Waals surface area contributed by atoms with E-state index in [0.717, 1.165) is 42.4 Å². The first-order valence-electron chi connectivity index (χ1n) is 12.0. The first kappa shape index (κ1) is 22.7. The number of hydrogen-bond donors (Lipinski definition) is 3. The maximum atomic E-state index is 13.1. The van der Waals surface area contributed by atoms with Crippen molar-refractivity contribution in [3.63, 3.8) is 0 Å². The van der Waals surface area contributed by atoms with Gasteiger partial charge in [-0.05, 0) is 63.5 Å². The number of nitrogens with zero attached hydrogens (tertiary/aromatic N) is 4. The number of hydrogen-bond acceptors (Lipinski definition) is 5. The maximum Gasteiger partial charge on any atom is 0.322 e. The highest BCUT2D eigenvalue weighted by atomic mass is 16.3. The highest BCUT2D eigenvalue weighted by Crippen LogP contribution is 2.46. The topological polar surface area (TPSA) is 87.7 Å². The van der Waals surface area contributed by atoms with E-state index >= 15 is 0 Å². The number of anilines is 2. The van der Waals surface area contributed by atoms with Crippen LogP contribution in [0.2, 0.25) is 0 Å². The molecule has 5 rings (SSSR count). The first-order chi connectivity index (χ1) is 16.4. The van der Waals surface area contributed by atoms with Crippen molar-refractivity contribution in [3.05, 3.63) is 54.1 Å². The first-order valence-corrected chi connectivity index (χ1v) is 12.0. The molecule has 2 aliphatic rings. The highest BCUT2D eigenvalue weighted by molar-refractivity contribution is 5.97. The maximum absolute atomic E-state index is 13.1. The number of H-pyrrole nitrogens is 1. The van der Waals surface area contributed by atoms with Gasteiger partial charge in [0.05, 0.1) is 29.7 Å². The largest absolute Gasteiger partial charge is 0.395 e. The third-order valence-electron chi connectivity index (χ3n) is 7.84. The van der Waals surface area contributed by atoms with E-state index in [4.69, 9.17) is 0 Å². The van der Waals surface area contributed by atoms with Crippen molar-refractivity contribution in [2.75, 3.05) is 50.6 Å². The number of aliphatic hydroxyl groups is 1. The summed E-state index contributed by atoms with van der Waals surface area (Å²) >= 11 is 0. The number of carbonyl (C=O) groups excluding carboxylic acids is 1. The van der Waals surface area contributed by atoms with Crippen molar-refractivity contribution >= 4 is 28.7 Å². The Morgan fingerprint density at radius 1 is 1.06 bits per heavy atom. The molecule has 34 heavy (non-hydrogen) atoms. The van der Waals surface area contributed by atoms with Crippen LogP contribution in [-0.2, 0) is 5.54 Å². The highest BCUT2D eigenvalue weighted by Gasteiger charge is 2.50. The summed E-state index contributed by atoms with van der Waals surface area (Å²) in [6.07, 6.45) is 3.86. The van der Waals surface area contributed by atoms with Crippen LogP contribution < -0.4 is 15.1 Å². The van der Waals surface area contributed by atoms with E-state index in [1.807, 2.05) is 35.0 Å². The van der Waals surface area contributed by atoms with Crippen LogP contribution in [0.25, 0.3) is 11.0 Å². The second-order valence-electron chi connectivity index (χ2n) is 10.00. The normalized spacial score (nSPS) is 24.9. The molecular formula is C26H34N6O2. The van der Waals surface area contributed by atoms with Gasteiger partial charge in [0.25, 0.3) is 0 Å². The lowest BCUT2D eigenvalue weighted by Gasteiger charge is -2.48. The number of rotatable bonds is 6. The molecule has 1 saturated heterocycles. The van der Waals surface area contributed by atoms with Gasteiger partial charge < -0.3 is 20.3 Å². The zero-order valence-electron chi connectivity index (χ0n) is 20.2. The zero-order chi connectivity index (χ0) is 23.9. The number of amides is 2. The predicted molar refractivity (Wildman–Crippen MR) is 135 cm³/mol. The van der Waals surface area contributed by atoms with Crippen LogP contribution >= 0.6 is 0 Å². The van der Waals surface area contributed by atoms with Crippen LogP contribution in [0.5, 0.6) is 0 Å². The molecule has 2 amide bonds. The number of aromatic amines is 1. The molecule has 2 fully saturated rings. The molecule has 0 atom stereocenters. The van der Waals surface area contributed by atoms with Crippen LogP contribution in [0, 0.1) is 0 Å². The van der Waals surface area contributed by atoms with E-state index in [-0.39, 0.29) is 23.7 Å². The van der Waals surface area contributed by atoms with E-state index in [2.05, 4.69) is 64.6 Å². The zero-order valence-corrected chi connectivity index (χ0v) is 20.2. The van der Waals surface area contributed by atoms with Crippen molar-refractivity contribution < 1.29 is 9.90 Å². The van der Waals surface area contributed by atoms with Crippen molar-refractivity contribution in [2.45, 2.75) is 36.8 Å². The summed E-state index contributed by atoms with van der Waals surface area (Å²) in [5, 5.41) is 12.5. The number of fused-ring (bicyclic) bond motifs is 1. The van der Waals surface area contributed by atoms with Gasteiger partial charge in [0.15, 0.2) is 0 Å². The molecule has 0 unspecified atom stereocenters. The van der Waals surface area contributed by atoms with Crippen molar-refractivity contribution in [2.24, 2.45) is 0 Å². The number of urea groups is 1. The molecule has 1 aliphatic heterocycles. The van der Waals surface area contributed by atoms with Crippen LogP contribution in [0.4, 0.5) is 16.4 Å². The molecule has 8 heteroatoms. The summed E-state index contributed by atoms with van der Waals surface area (Å²) in [5.74, 6) is 0.705. The molecule has 1 spiro atoms. The molecule has 1 aliphatic carbocycles. The Morgan fingerprint density at radius 2 is 1.79 bits per heavy atom. The minimum absolute atomic E-state index is 0.00436. The van der Waals surface area contributed by atoms with Gasteiger partial charge in [-0.2, -0.15) is 0 Å². The van der Waals surface area contributed by atoms with Crippen LogP contribution in [0.1, 0.15) is 31.2 Å². The molecule has 1 saturated carbocycles. The van der Waals surface area contributed by atoms with Crippen LogP contribution in [-0.4, -0.2) is 72.4 Å². The Bertz CT molecular complexity index is 1170. The standard InChI is InChI=1S/C26H34N6O2/c1-30(2)26(19-7-5-4-6-8-19)13-11-25(12-14-26)18-32(24(34)29-25)20-9-10-21-22(17-20)28-23(27-21)31(3)15-16-33/h4-10,17,33H,11-16,18H2,1-3H3,(H,27,28)(H,29,34)/t25-,26+. The number of aliphatic hydroxyl groups excluding tert-OH is 1. The average molecular weight is 463 g/mol. The van der Waals surface area contributed by atoms with E-state index in [1.165, 1.54) is 5.56 Å². The Hall–Kier alpha value is -3.10. The molecule has 1 aromatic heterocycles. The van der Waals surface area contributed by atoms with E-state index in [1.54, 1.807) is 0 Å². The molecule has 2 heterocycles. The van der Waals surface area contributed by atoms with Gasteiger partial charge in [0.1, 0.15) is 0 Å². The summed E-state index contributed by atoms with van der Waals surface area (Å²) in [6.45, 7) is 1.23. The van der Waals surface area contributed by atoms with Gasteiger partial charge in [-0.25, -0.2) is 9.78 Å². The summed E-state index contributed by atoms with van der Waals surface area (Å²) in [4.78, 5) is 27.1. The monoisotopic (exact) mass is 462 g/mol. The Kier molecular flexibility index (Phi) is 5.73. The third-order valence-corrected chi connectivity index (χ3v) is 7.84. The van der Waals surface area contributed by atoms with E-state index in [0.29, 0.717) is 19.0 Å². The van der Waals surface area contributed by atoms with Gasteiger partial charge in [0, 0.05) is 24.8 Å². The summed E-state index contributed by atoms with van der Waals surface area (Å²) in [6, 6.07) is 16.6. The SMILES string of the molecule is CN(CCO)c1nc2cc(N3C[C@]4(CC[C@](c5ccccc5)(N(C)C)CC4)NC3=O)ccc2[nH]1. The molecular weight excluding hydrogens is 428 g/mol. The second-order valence-corrected chi connectivity index (χ2v) is 10.00. The minimum Gasteiger partial charge on any atom is -0.395 e. The Labute approximate surface area is 200 Å². The molecule has 180 valence electrons. The van der Waals surface area contributed by atoms with E-state index < -0.39 is 0 Å². The lowest BCUT2D eigenvalue weighted by atomic mass is 9.69. The molecule has 0 radical (unpaired) electrons. The smallest absolute Gasteiger partial charge is 0.322 e. The fourth-order valence-electron chi connectivity index (χ4n) is 5.67. The molecule has 3 aromatic rings. The van der Waals surface area contributed by atoms with Crippen molar-refractivity contribution in [1.29, 1.82) is 0 Å². The second kappa shape index (κ2) is 8.60. The quantitative estimate of drug-likeness (QED) is 0.523. The molecule has 2 aromatic carbocycles. The predicted octanol–water partition coefficient (Wildman–Crippen LogP) is 3.29. The number of imidazole rings is 1. The van der Waals surface area contributed by atoms with Crippen LogP contribution in [0.15, 0.2) is 48.5 Å². The third kappa shape index (κ3) is 3.80. The van der Waals surface area contributed by atoms with Crippen LogP contribution in [0.3, 0.4) is 0 Å². The lowest BCUT2D eigenvalue weighted by molar-refractivity contribution is 0.0658. The molecule has 3 N–H and O–H groups in total. The number of benzene rings is 2. The summed E-state index contributed by atoms with van der Waals surface area (Å²) < 4.78 is 0. The number of aromatic nitrogens is 2. The molecule has 8 nitrogen and oxygen atoms in total. The Morgan fingerprint density at radius 3 is 2.47 bits per heavy atom. The van der Waals surface area contributed by atoms with Gasteiger partial charge in [0.2, 0.25) is 5.95 Å².